The van der Waals surface area contributed by atoms with Crippen molar-refractivity contribution in [2.75, 3.05) is 12.4 Å². The zero-order valence-corrected chi connectivity index (χ0v) is 20.1. The Labute approximate surface area is 200 Å². The summed E-state index contributed by atoms with van der Waals surface area (Å²) < 4.78 is 0. The minimum atomic E-state index is -0.870. The zero-order valence-electron chi connectivity index (χ0n) is 20.1. The third-order valence-corrected chi connectivity index (χ3v) is 6.62. The molecule has 0 heterocycles. The molecule has 34 heavy (non-hydrogen) atoms. The number of nitrogens with one attached hydrogen (secondary N) is 2. The number of nitriles is 1. The van der Waals surface area contributed by atoms with E-state index < -0.39 is 11.4 Å². The van der Waals surface area contributed by atoms with Gasteiger partial charge in [-0.25, -0.2) is 0 Å². The number of fused-ring (bicyclic) bond motifs is 1. The monoisotopic (exact) mass is 461 g/mol. The molecule has 0 aliphatic heterocycles. The fourth-order valence-electron chi connectivity index (χ4n) is 5.20. The molecule has 0 bridgehead atoms. The highest BCUT2D eigenvalue weighted by Crippen LogP contribution is 2.51. The summed E-state index contributed by atoms with van der Waals surface area (Å²) in [5, 5.41) is 23.8. The van der Waals surface area contributed by atoms with Gasteiger partial charge in [0.2, 0.25) is 5.91 Å². The van der Waals surface area contributed by atoms with Gasteiger partial charge >= 0.3 is 5.97 Å². The molecule has 3 N–H and O–H groups in total. The molecule has 1 aliphatic rings. The lowest BCUT2D eigenvalue weighted by Crippen LogP contribution is -2.29. The quantitative estimate of drug-likeness (QED) is 0.542. The third kappa shape index (κ3) is 5.28. The number of aliphatic carboxylic acids is 1. The molecule has 0 aromatic heterocycles. The Morgan fingerprint density at radius 3 is 2.47 bits per heavy atom. The van der Waals surface area contributed by atoms with Gasteiger partial charge in [-0.05, 0) is 65.6 Å². The first-order valence-electron chi connectivity index (χ1n) is 11.4. The number of aryl methyl sites for hydroxylation is 1. The van der Waals surface area contributed by atoms with Gasteiger partial charge in [0.1, 0.15) is 0 Å². The molecule has 7 heteroatoms. The molecule has 0 radical (unpaired) electrons. The number of rotatable bonds is 8. The summed E-state index contributed by atoms with van der Waals surface area (Å²) >= 11 is 0. The maximum Gasteiger partial charge on any atom is 0.303 e. The van der Waals surface area contributed by atoms with Gasteiger partial charge in [-0.2, -0.15) is 5.26 Å². The average Bonchev–Trinajstić information content (AvgIpc) is 2.98. The Hall–Kier alpha value is -3.66. The molecular formula is C27H31N3O4. The second kappa shape index (κ2) is 9.68. The second-order valence-corrected chi connectivity index (χ2v) is 9.92. The minimum Gasteiger partial charge on any atom is -0.481 e. The van der Waals surface area contributed by atoms with Crippen LogP contribution in [0.1, 0.15) is 79.1 Å². The van der Waals surface area contributed by atoms with Crippen LogP contribution in [0.2, 0.25) is 0 Å². The summed E-state index contributed by atoms with van der Waals surface area (Å²) in [6.07, 6.45) is 1.92. The summed E-state index contributed by atoms with van der Waals surface area (Å²) in [7, 11) is 1.59. The van der Waals surface area contributed by atoms with E-state index >= 15 is 0 Å². The highest BCUT2D eigenvalue weighted by atomic mass is 16.4. The summed E-state index contributed by atoms with van der Waals surface area (Å²) in [6, 6.07) is 12.9. The van der Waals surface area contributed by atoms with Crippen LogP contribution < -0.4 is 10.6 Å². The number of carbonyl (C=O) groups is 3. The van der Waals surface area contributed by atoms with Crippen molar-refractivity contribution in [1.29, 1.82) is 5.26 Å². The third-order valence-electron chi connectivity index (χ3n) is 6.62. The normalized spacial score (nSPS) is 18.0. The molecule has 3 rings (SSSR count). The molecule has 0 saturated carbocycles. The van der Waals surface area contributed by atoms with E-state index in [0.717, 1.165) is 23.1 Å². The Bertz CT molecular complexity index is 1180. The fourth-order valence-corrected chi connectivity index (χ4v) is 5.20. The molecule has 0 fully saturated rings. The van der Waals surface area contributed by atoms with Gasteiger partial charge in [-0.15, -0.1) is 0 Å². The topological polar surface area (TPSA) is 119 Å². The summed E-state index contributed by atoms with van der Waals surface area (Å²) in [6.45, 7) is 6.34. The molecule has 2 aromatic carbocycles. The first kappa shape index (κ1) is 25.0. The molecular weight excluding hydrogens is 430 g/mol. The van der Waals surface area contributed by atoms with Crippen LogP contribution in [0, 0.1) is 11.3 Å². The average molecular weight is 462 g/mol. The number of amides is 2. The Kier molecular flexibility index (Phi) is 7.11. The molecule has 2 amide bonds. The molecule has 1 atom stereocenters. The van der Waals surface area contributed by atoms with Gasteiger partial charge in [0.05, 0.1) is 11.6 Å². The molecule has 1 aliphatic carbocycles. The highest BCUT2D eigenvalue weighted by Gasteiger charge is 2.46. The van der Waals surface area contributed by atoms with Crippen LogP contribution in [0.5, 0.6) is 0 Å². The Morgan fingerprint density at radius 1 is 1.09 bits per heavy atom. The van der Waals surface area contributed by atoms with Gasteiger partial charge in [0.15, 0.2) is 0 Å². The standard InChI is InChI=1S/C27H31N3O4/c1-26(2)16-27(3,21-13-19(25(34)29-4)10-11-20(21)26)14-23(31)30-22-12-17(15-28)8-9-18(22)6-5-7-24(32)33/h8-13H,5-7,14,16H2,1-4H3,(H,29,34)(H,30,31)(H,32,33)/t27-/m0/s1. The van der Waals surface area contributed by atoms with Crippen molar-refractivity contribution in [2.24, 2.45) is 0 Å². The maximum atomic E-state index is 13.2. The fraction of sp³-hybridized carbons (Fsp3) is 0.407. The van der Waals surface area contributed by atoms with Crippen molar-refractivity contribution >= 4 is 23.5 Å². The smallest absolute Gasteiger partial charge is 0.303 e. The van der Waals surface area contributed by atoms with Crippen molar-refractivity contribution in [2.45, 2.75) is 63.7 Å². The zero-order chi connectivity index (χ0) is 25.1. The van der Waals surface area contributed by atoms with E-state index in [1.54, 1.807) is 25.2 Å². The highest BCUT2D eigenvalue weighted by molar-refractivity contribution is 5.95. The van der Waals surface area contributed by atoms with Gasteiger partial charge < -0.3 is 15.7 Å². The van der Waals surface area contributed by atoms with E-state index in [0.29, 0.717) is 29.7 Å². The minimum absolute atomic E-state index is 0.0327. The largest absolute Gasteiger partial charge is 0.481 e. The molecule has 0 spiro atoms. The van der Waals surface area contributed by atoms with E-state index in [2.05, 4.69) is 30.6 Å². The molecule has 178 valence electrons. The Balaban J connectivity index is 1.86. The lowest BCUT2D eigenvalue weighted by molar-refractivity contribution is -0.137. The van der Waals surface area contributed by atoms with Crippen LogP contribution in [0.15, 0.2) is 36.4 Å². The predicted molar refractivity (Wildman–Crippen MR) is 130 cm³/mol. The van der Waals surface area contributed by atoms with Crippen molar-refractivity contribution in [3.05, 3.63) is 64.2 Å². The van der Waals surface area contributed by atoms with Crippen molar-refractivity contribution in [1.82, 2.24) is 5.32 Å². The van der Waals surface area contributed by atoms with Crippen LogP contribution in [-0.2, 0) is 26.8 Å². The number of carbonyl (C=O) groups excluding carboxylic acids is 2. The first-order chi connectivity index (χ1) is 16.0. The molecule has 7 nitrogen and oxygen atoms in total. The number of hydrogen-bond donors (Lipinski definition) is 3. The number of nitrogens with zero attached hydrogens (tertiary/aromatic N) is 1. The van der Waals surface area contributed by atoms with E-state index in [1.807, 2.05) is 25.1 Å². The molecule has 0 unspecified atom stereocenters. The molecule has 2 aromatic rings. The van der Waals surface area contributed by atoms with Crippen LogP contribution in [0.3, 0.4) is 0 Å². The molecule has 0 saturated heterocycles. The lowest BCUT2D eigenvalue weighted by Gasteiger charge is -2.27. The van der Waals surface area contributed by atoms with Crippen molar-refractivity contribution in [3.63, 3.8) is 0 Å². The van der Waals surface area contributed by atoms with Crippen LogP contribution in [-0.4, -0.2) is 29.9 Å². The maximum absolute atomic E-state index is 13.2. The number of hydrogen-bond acceptors (Lipinski definition) is 4. The lowest BCUT2D eigenvalue weighted by atomic mass is 9.77. The van der Waals surface area contributed by atoms with Gasteiger partial charge in [-0.3, -0.25) is 14.4 Å². The summed E-state index contributed by atoms with van der Waals surface area (Å²) in [4.78, 5) is 36.3. The summed E-state index contributed by atoms with van der Waals surface area (Å²) in [5.74, 6) is -1.23. The van der Waals surface area contributed by atoms with E-state index in [1.165, 1.54) is 0 Å². The van der Waals surface area contributed by atoms with E-state index in [-0.39, 0.29) is 30.1 Å². The van der Waals surface area contributed by atoms with Gasteiger partial charge in [0.25, 0.3) is 5.91 Å². The van der Waals surface area contributed by atoms with E-state index in [4.69, 9.17) is 5.11 Å². The number of benzene rings is 2. The first-order valence-corrected chi connectivity index (χ1v) is 11.4. The van der Waals surface area contributed by atoms with Gasteiger partial charge in [-0.1, -0.05) is 32.9 Å². The van der Waals surface area contributed by atoms with Crippen LogP contribution in [0.4, 0.5) is 5.69 Å². The van der Waals surface area contributed by atoms with Crippen LogP contribution >= 0.6 is 0 Å². The number of carboxylic acid groups (broad SMARTS) is 1. The van der Waals surface area contributed by atoms with Gasteiger partial charge in [0, 0.05) is 36.6 Å². The number of carboxylic acids is 1. The van der Waals surface area contributed by atoms with Crippen LogP contribution in [0.25, 0.3) is 0 Å². The SMILES string of the molecule is CNC(=O)c1ccc2c(c1)[C@@](C)(CC(=O)Nc1cc(C#N)ccc1CCCC(=O)O)CC2(C)C. The predicted octanol–water partition coefficient (Wildman–Crippen LogP) is 4.29. The number of anilines is 1. The summed E-state index contributed by atoms with van der Waals surface area (Å²) in [5.41, 5.74) is 3.84. The van der Waals surface area contributed by atoms with E-state index in [9.17, 15) is 19.6 Å². The second-order valence-electron chi connectivity index (χ2n) is 9.92. The Morgan fingerprint density at radius 2 is 1.82 bits per heavy atom. The van der Waals surface area contributed by atoms with Crippen molar-refractivity contribution < 1.29 is 19.5 Å². The van der Waals surface area contributed by atoms with Crippen molar-refractivity contribution in [3.8, 4) is 6.07 Å².